The van der Waals surface area contributed by atoms with Crippen molar-refractivity contribution in [2.75, 3.05) is 24.3 Å². The molecular formula is C13H19ClN2O2. The van der Waals surface area contributed by atoms with Gasteiger partial charge in [0.1, 0.15) is 6.61 Å². The van der Waals surface area contributed by atoms with Crippen LogP contribution in [0.15, 0.2) is 18.2 Å². The van der Waals surface area contributed by atoms with Crippen LogP contribution < -0.4 is 11.1 Å². The zero-order valence-corrected chi connectivity index (χ0v) is 11.3. The summed E-state index contributed by atoms with van der Waals surface area (Å²) in [7, 11) is 0. The van der Waals surface area contributed by atoms with Crippen molar-refractivity contribution in [3.63, 3.8) is 0 Å². The Morgan fingerprint density at radius 2 is 2.22 bits per heavy atom. The summed E-state index contributed by atoms with van der Waals surface area (Å²) in [5.41, 5.74) is 6.72. The minimum absolute atomic E-state index is 0.0374. The molecule has 0 aliphatic heterocycles. The molecule has 0 atom stereocenters. The maximum absolute atomic E-state index is 11.6. The molecule has 3 N–H and O–H groups in total. The van der Waals surface area contributed by atoms with E-state index >= 15 is 0 Å². The maximum Gasteiger partial charge on any atom is 0.250 e. The SMILES string of the molecule is CCCCCOCC(=O)Nc1cc(Cl)ccc1N. The summed E-state index contributed by atoms with van der Waals surface area (Å²) < 4.78 is 5.25. The van der Waals surface area contributed by atoms with Crippen molar-refractivity contribution in [2.24, 2.45) is 0 Å². The van der Waals surface area contributed by atoms with Crippen LogP contribution in [0, 0.1) is 0 Å². The Balaban J connectivity index is 2.33. The zero-order chi connectivity index (χ0) is 13.4. The number of carbonyl (C=O) groups excluding carboxylic acids is 1. The van der Waals surface area contributed by atoms with Crippen molar-refractivity contribution in [1.29, 1.82) is 0 Å². The highest BCUT2D eigenvalue weighted by atomic mass is 35.5. The molecule has 0 unspecified atom stereocenters. The van der Waals surface area contributed by atoms with Crippen LogP contribution in [0.4, 0.5) is 11.4 Å². The van der Waals surface area contributed by atoms with Crippen molar-refractivity contribution >= 4 is 28.9 Å². The second-order valence-corrected chi connectivity index (χ2v) is 4.48. The van der Waals surface area contributed by atoms with Crippen LogP contribution in [0.25, 0.3) is 0 Å². The van der Waals surface area contributed by atoms with Gasteiger partial charge in [0.25, 0.3) is 0 Å². The van der Waals surface area contributed by atoms with E-state index in [1.165, 1.54) is 0 Å². The summed E-state index contributed by atoms with van der Waals surface area (Å²) in [5, 5.41) is 3.20. The predicted molar refractivity (Wildman–Crippen MR) is 74.8 cm³/mol. The van der Waals surface area contributed by atoms with E-state index in [-0.39, 0.29) is 12.5 Å². The zero-order valence-electron chi connectivity index (χ0n) is 10.5. The molecule has 0 aliphatic rings. The van der Waals surface area contributed by atoms with E-state index in [0.717, 1.165) is 19.3 Å². The van der Waals surface area contributed by atoms with E-state index in [1.807, 2.05) is 0 Å². The fourth-order valence-corrected chi connectivity index (χ4v) is 1.61. The highest BCUT2D eigenvalue weighted by Crippen LogP contribution is 2.22. The molecule has 0 radical (unpaired) electrons. The minimum Gasteiger partial charge on any atom is -0.397 e. The summed E-state index contributed by atoms with van der Waals surface area (Å²) >= 11 is 5.82. The number of nitrogens with two attached hydrogens (primary N) is 1. The van der Waals surface area contributed by atoms with Crippen LogP contribution in [0.1, 0.15) is 26.2 Å². The fraction of sp³-hybridized carbons (Fsp3) is 0.462. The number of rotatable bonds is 7. The molecule has 1 amide bonds. The van der Waals surface area contributed by atoms with Crippen LogP contribution in [-0.4, -0.2) is 19.1 Å². The number of unbranched alkanes of at least 4 members (excludes halogenated alkanes) is 2. The molecule has 4 nitrogen and oxygen atoms in total. The number of hydrogen-bond acceptors (Lipinski definition) is 3. The van der Waals surface area contributed by atoms with Crippen LogP contribution in [0.3, 0.4) is 0 Å². The van der Waals surface area contributed by atoms with Crippen LogP contribution >= 0.6 is 11.6 Å². The summed E-state index contributed by atoms with van der Waals surface area (Å²) in [5.74, 6) is -0.222. The average Bonchev–Trinajstić information content (AvgIpc) is 2.33. The molecule has 0 aromatic heterocycles. The second-order valence-electron chi connectivity index (χ2n) is 4.04. The molecule has 18 heavy (non-hydrogen) atoms. The Hall–Kier alpha value is -1.26. The molecule has 0 aliphatic carbocycles. The lowest BCUT2D eigenvalue weighted by atomic mass is 10.2. The van der Waals surface area contributed by atoms with Gasteiger partial charge in [0, 0.05) is 11.6 Å². The summed E-state index contributed by atoms with van der Waals surface area (Å²) in [6, 6.07) is 4.94. The molecule has 1 rings (SSSR count). The van der Waals surface area contributed by atoms with Crippen LogP contribution in [0.5, 0.6) is 0 Å². The van der Waals surface area contributed by atoms with Gasteiger partial charge in [-0.05, 0) is 24.6 Å². The van der Waals surface area contributed by atoms with Crippen LogP contribution in [0.2, 0.25) is 5.02 Å². The minimum atomic E-state index is -0.222. The van der Waals surface area contributed by atoms with E-state index in [4.69, 9.17) is 22.1 Å². The Morgan fingerprint density at radius 1 is 1.44 bits per heavy atom. The van der Waals surface area contributed by atoms with Gasteiger partial charge in [-0.2, -0.15) is 0 Å². The lowest BCUT2D eigenvalue weighted by molar-refractivity contribution is -0.120. The number of carbonyl (C=O) groups is 1. The highest BCUT2D eigenvalue weighted by molar-refractivity contribution is 6.31. The Bertz CT molecular complexity index is 397. The Labute approximate surface area is 112 Å². The van der Waals surface area contributed by atoms with Crippen LogP contribution in [-0.2, 0) is 9.53 Å². The summed E-state index contributed by atoms with van der Waals surface area (Å²) in [4.78, 5) is 11.6. The van der Waals surface area contributed by atoms with E-state index in [9.17, 15) is 4.79 Å². The molecule has 1 aromatic carbocycles. The standard InChI is InChI=1S/C13H19ClN2O2/c1-2-3-4-7-18-9-13(17)16-12-8-10(14)5-6-11(12)15/h5-6,8H,2-4,7,9,15H2,1H3,(H,16,17). The number of halogens is 1. The van der Waals surface area contributed by atoms with Crippen molar-refractivity contribution in [2.45, 2.75) is 26.2 Å². The Morgan fingerprint density at radius 3 is 2.94 bits per heavy atom. The molecule has 0 spiro atoms. The average molecular weight is 271 g/mol. The first-order chi connectivity index (χ1) is 8.63. The summed E-state index contributed by atoms with van der Waals surface area (Å²) in [6.07, 6.45) is 3.22. The largest absolute Gasteiger partial charge is 0.397 e. The number of benzene rings is 1. The van der Waals surface area contributed by atoms with Crippen molar-refractivity contribution in [1.82, 2.24) is 0 Å². The highest BCUT2D eigenvalue weighted by Gasteiger charge is 2.05. The first kappa shape index (κ1) is 14.8. The van der Waals surface area contributed by atoms with Crippen molar-refractivity contribution in [3.8, 4) is 0 Å². The number of nitrogen functional groups attached to an aromatic ring is 1. The number of ether oxygens (including phenoxy) is 1. The molecular weight excluding hydrogens is 252 g/mol. The van der Waals surface area contributed by atoms with Gasteiger partial charge in [0.2, 0.25) is 5.91 Å². The van der Waals surface area contributed by atoms with Crippen molar-refractivity contribution in [3.05, 3.63) is 23.2 Å². The number of amides is 1. The molecule has 1 aromatic rings. The smallest absolute Gasteiger partial charge is 0.250 e. The van der Waals surface area contributed by atoms with Gasteiger partial charge in [-0.25, -0.2) is 0 Å². The lowest BCUT2D eigenvalue weighted by Crippen LogP contribution is -2.19. The molecule has 0 bridgehead atoms. The molecule has 5 heteroatoms. The predicted octanol–water partition coefficient (Wildman–Crippen LogP) is 3.07. The first-order valence-electron chi connectivity index (χ1n) is 6.06. The molecule has 0 fully saturated rings. The van der Waals surface area contributed by atoms with E-state index in [2.05, 4.69) is 12.2 Å². The number of nitrogens with one attached hydrogen (secondary N) is 1. The van der Waals surface area contributed by atoms with E-state index < -0.39 is 0 Å². The van der Waals surface area contributed by atoms with Gasteiger partial charge in [0.15, 0.2) is 0 Å². The first-order valence-corrected chi connectivity index (χ1v) is 6.44. The third-order valence-corrected chi connectivity index (χ3v) is 2.65. The molecule has 0 saturated heterocycles. The van der Waals surface area contributed by atoms with E-state index in [1.54, 1.807) is 18.2 Å². The van der Waals surface area contributed by atoms with Gasteiger partial charge in [-0.3, -0.25) is 4.79 Å². The van der Waals surface area contributed by atoms with Gasteiger partial charge < -0.3 is 15.8 Å². The third-order valence-electron chi connectivity index (χ3n) is 2.41. The topological polar surface area (TPSA) is 64.3 Å². The molecule has 0 saturated carbocycles. The lowest BCUT2D eigenvalue weighted by Gasteiger charge is -2.09. The normalized spacial score (nSPS) is 10.3. The van der Waals surface area contributed by atoms with Gasteiger partial charge in [0.05, 0.1) is 11.4 Å². The van der Waals surface area contributed by atoms with Gasteiger partial charge >= 0.3 is 0 Å². The fourth-order valence-electron chi connectivity index (χ4n) is 1.44. The third kappa shape index (κ3) is 5.38. The Kier molecular flexibility index (Phi) is 6.54. The van der Waals surface area contributed by atoms with E-state index in [0.29, 0.717) is 23.0 Å². The summed E-state index contributed by atoms with van der Waals surface area (Å²) in [6.45, 7) is 2.76. The monoisotopic (exact) mass is 270 g/mol. The van der Waals surface area contributed by atoms with Crippen molar-refractivity contribution < 1.29 is 9.53 Å². The number of anilines is 2. The molecule has 0 heterocycles. The van der Waals surface area contributed by atoms with Gasteiger partial charge in [-0.1, -0.05) is 31.4 Å². The van der Waals surface area contributed by atoms with Gasteiger partial charge in [-0.15, -0.1) is 0 Å². The maximum atomic E-state index is 11.6. The number of hydrogen-bond donors (Lipinski definition) is 2. The second kappa shape index (κ2) is 7.95. The quantitative estimate of drug-likeness (QED) is 0.591. The molecule has 100 valence electrons.